The molecule has 1 heterocycles. The first-order valence-electron chi connectivity index (χ1n) is 8.46. The third-order valence-corrected chi connectivity index (χ3v) is 5.41. The quantitative estimate of drug-likeness (QED) is 0.599. The maximum absolute atomic E-state index is 4.70. The molecule has 0 atom stereocenters. The van der Waals surface area contributed by atoms with E-state index in [4.69, 9.17) is 4.99 Å². The van der Waals surface area contributed by atoms with Gasteiger partial charge in [-0.2, -0.15) is 0 Å². The van der Waals surface area contributed by atoms with E-state index in [-0.39, 0.29) is 0 Å². The summed E-state index contributed by atoms with van der Waals surface area (Å²) in [5, 5.41) is 8.93. The van der Waals surface area contributed by atoms with Gasteiger partial charge in [0.25, 0.3) is 0 Å². The smallest absolute Gasteiger partial charge is 0.191 e. The van der Waals surface area contributed by atoms with Crippen molar-refractivity contribution in [3.05, 3.63) is 21.9 Å². The summed E-state index contributed by atoms with van der Waals surface area (Å²) in [4.78, 5) is 8.54. The zero-order valence-electron chi connectivity index (χ0n) is 14.2. The Hall–Kier alpha value is -1.07. The molecule has 5 heteroatoms. The van der Waals surface area contributed by atoms with E-state index >= 15 is 0 Å². The Kier molecular flexibility index (Phi) is 7.19. The fourth-order valence-corrected chi connectivity index (χ4v) is 3.77. The summed E-state index contributed by atoms with van der Waals surface area (Å²) in [6.45, 7) is 7.94. The van der Waals surface area contributed by atoms with Crippen LogP contribution in [0.3, 0.4) is 0 Å². The zero-order valence-corrected chi connectivity index (χ0v) is 15.0. The second kappa shape index (κ2) is 9.16. The van der Waals surface area contributed by atoms with E-state index in [1.165, 1.54) is 36.1 Å². The van der Waals surface area contributed by atoms with Crippen molar-refractivity contribution in [2.45, 2.75) is 52.1 Å². The molecule has 1 fully saturated rings. The average molecular weight is 323 g/mol. The lowest BCUT2D eigenvalue weighted by Crippen LogP contribution is -2.42. The molecule has 0 aromatic carbocycles. The van der Waals surface area contributed by atoms with Crippen LogP contribution in [-0.4, -0.2) is 43.6 Å². The molecule has 0 bridgehead atoms. The normalized spacial score (nSPS) is 16.5. The molecule has 0 aliphatic heterocycles. The summed E-state index contributed by atoms with van der Waals surface area (Å²) in [5.41, 5.74) is 1.34. The first kappa shape index (κ1) is 17.3. The minimum Gasteiger partial charge on any atom is -0.357 e. The lowest BCUT2D eigenvalue weighted by molar-refractivity contribution is 0.249. The van der Waals surface area contributed by atoms with Crippen LogP contribution in [0.4, 0.5) is 0 Å². The predicted molar refractivity (Wildman–Crippen MR) is 96.8 cm³/mol. The highest BCUT2D eigenvalue weighted by atomic mass is 32.1. The third-order valence-electron chi connectivity index (χ3n) is 4.40. The minimum atomic E-state index is 0.761. The van der Waals surface area contributed by atoms with Crippen LogP contribution in [0.25, 0.3) is 0 Å². The fraction of sp³-hybridized carbons (Fsp3) is 0.706. The van der Waals surface area contributed by atoms with Crippen molar-refractivity contribution in [1.29, 1.82) is 0 Å². The monoisotopic (exact) mass is 322 g/mol. The van der Waals surface area contributed by atoms with Crippen LogP contribution >= 0.6 is 11.3 Å². The molecule has 0 unspecified atom stereocenters. The number of guanidine groups is 1. The maximum Gasteiger partial charge on any atom is 0.191 e. The Morgan fingerprint density at radius 1 is 1.36 bits per heavy atom. The SMILES string of the molecule is CCNC(=NCc1sccc1C)NCCN(C)C1CCCC1. The largest absolute Gasteiger partial charge is 0.357 e. The molecule has 0 saturated heterocycles. The second-order valence-corrected chi connectivity index (χ2v) is 7.07. The van der Waals surface area contributed by atoms with Gasteiger partial charge in [0.1, 0.15) is 0 Å². The predicted octanol–water partition coefficient (Wildman–Crippen LogP) is 2.99. The Bertz CT molecular complexity index is 463. The van der Waals surface area contributed by atoms with Crippen molar-refractivity contribution in [2.24, 2.45) is 4.99 Å². The molecule has 2 N–H and O–H groups in total. The van der Waals surface area contributed by atoms with Crippen molar-refractivity contribution in [1.82, 2.24) is 15.5 Å². The van der Waals surface area contributed by atoms with Gasteiger partial charge in [-0.15, -0.1) is 11.3 Å². The molecule has 124 valence electrons. The van der Waals surface area contributed by atoms with Gasteiger partial charge < -0.3 is 15.5 Å². The van der Waals surface area contributed by atoms with Crippen molar-refractivity contribution in [3.8, 4) is 0 Å². The first-order valence-corrected chi connectivity index (χ1v) is 9.34. The molecular formula is C17H30N4S. The summed E-state index contributed by atoms with van der Waals surface area (Å²) in [6.07, 6.45) is 5.52. The van der Waals surface area contributed by atoms with E-state index < -0.39 is 0 Å². The summed E-state index contributed by atoms with van der Waals surface area (Å²) in [7, 11) is 2.25. The molecule has 1 aromatic rings. The molecule has 22 heavy (non-hydrogen) atoms. The van der Waals surface area contributed by atoms with Crippen LogP contribution in [0.2, 0.25) is 0 Å². The van der Waals surface area contributed by atoms with E-state index in [0.29, 0.717) is 0 Å². The fourth-order valence-electron chi connectivity index (χ4n) is 2.94. The van der Waals surface area contributed by atoms with E-state index in [9.17, 15) is 0 Å². The summed E-state index contributed by atoms with van der Waals surface area (Å²) in [6, 6.07) is 2.95. The van der Waals surface area contributed by atoms with Gasteiger partial charge in [-0.25, -0.2) is 4.99 Å². The van der Waals surface area contributed by atoms with Gasteiger partial charge in [-0.3, -0.25) is 0 Å². The zero-order chi connectivity index (χ0) is 15.8. The molecule has 1 saturated carbocycles. The number of rotatable bonds is 7. The van der Waals surface area contributed by atoms with Gasteiger partial charge in [0.15, 0.2) is 5.96 Å². The lowest BCUT2D eigenvalue weighted by atomic mass is 10.2. The number of thiophene rings is 1. The molecular weight excluding hydrogens is 292 g/mol. The van der Waals surface area contributed by atoms with Gasteiger partial charge in [-0.05, 0) is 50.7 Å². The van der Waals surface area contributed by atoms with Crippen molar-refractivity contribution < 1.29 is 0 Å². The topological polar surface area (TPSA) is 39.7 Å². The number of likely N-dealkylation sites (N-methyl/N-ethyl adjacent to an activating group) is 1. The van der Waals surface area contributed by atoms with Gasteiger partial charge >= 0.3 is 0 Å². The van der Waals surface area contributed by atoms with Crippen molar-refractivity contribution >= 4 is 17.3 Å². The number of aliphatic imine (C=N–C) groups is 1. The van der Waals surface area contributed by atoms with Gasteiger partial charge in [0.2, 0.25) is 0 Å². The van der Waals surface area contributed by atoms with Crippen LogP contribution in [-0.2, 0) is 6.54 Å². The third kappa shape index (κ3) is 5.29. The average Bonchev–Trinajstić information content (AvgIpc) is 3.16. The lowest BCUT2D eigenvalue weighted by Gasteiger charge is -2.24. The standard InChI is InChI=1S/C17H30N4S/c1-4-18-17(20-13-16-14(2)9-12-22-16)19-10-11-21(3)15-7-5-6-8-15/h9,12,15H,4-8,10-11,13H2,1-3H3,(H2,18,19,20). The van der Waals surface area contributed by atoms with Crippen LogP contribution in [0, 0.1) is 6.92 Å². The number of nitrogens with one attached hydrogen (secondary N) is 2. The highest BCUT2D eigenvalue weighted by Gasteiger charge is 2.18. The number of aryl methyl sites for hydroxylation is 1. The maximum atomic E-state index is 4.70. The van der Waals surface area contributed by atoms with E-state index in [1.807, 2.05) is 0 Å². The van der Waals surface area contributed by atoms with Crippen LogP contribution in [0.15, 0.2) is 16.4 Å². The van der Waals surface area contributed by atoms with Gasteiger partial charge in [0.05, 0.1) is 6.54 Å². The highest BCUT2D eigenvalue weighted by molar-refractivity contribution is 7.10. The van der Waals surface area contributed by atoms with Gasteiger partial charge in [-0.1, -0.05) is 12.8 Å². The summed E-state index contributed by atoms with van der Waals surface area (Å²) >= 11 is 1.78. The Labute approximate surface area is 139 Å². The van der Waals surface area contributed by atoms with Crippen molar-refractivity contribution in [3.63, 3.8) is 0 Å². The van der Waals surface area contributed by atoms with Gasteiger partial charge in [0, 0.05) is 30.6 Å². The summed E-state index contributed by atoms with van der Waals surface area (Å²) < 4.78 is 0. The minimum absolute atomic E-state index is 0.761. The van der Waals surface area contributed by atoms with Crippen LogP contribution in [0.5, 0.6) is 0 Å². The Morgan fingerprint density at radius 3 is 2.77 bits per heavy atom. The number of nitrogens with zero attached hydrogens (tertiary/aromatic N) is 2. The molecule has 2 rings (SSSR count). The van der Waals surface area contributed by atoms with Crippen molar-refractivity contribution in [2.75, 3.05) is 26.7 Å². The Morgan fingerprint density at radius 2 is 2.14 bits per heavy atom. The number of hydrogen-bond donors (Lipinski definition) is 2. The molecule has 1 aliphatic carbocycles. The highest BCUT2D eigenvalue weighted by Crippen LogP contribution is 2.21. The van der Waals surface area contributed by atoms with E-state index in [0.717, 1.165) is 38.2 Å². The molecule has 1 aromatic heterocycles. The Balaban J connectivity index is 1.77. The first-order chi connectivity index (χ1) is 10.7. The molecule has 0 amide bonds. The van der Waals surface area contributed by atoms with E-state index in [2.05, 4.69) is 47.9 Å². The van der Waals surface area contributed by atoms with E-state index in [1.54, 1.807) is 11.3 Å². The second-order valence-electron chi connectivity index (χ2n) is 6.07. The molecule has 0 spiro atoms. The summed E-state index contributed by atoms with van der Waals surface area (Å²) in [5.74, 6) is 0.926. The molecule has 1 aliphatic rings. The number of hydrogen-bond acceptors (Lipinski definition) is 3. The molecule has 0 radical (unpaired) electrons. The molecule has 4 nitrogen and oxygen atoms in total. The van der Waals surface area contributed by atoms with Crippen LogP contribution < -0.4 is 10.6 Å². The van der Waals surface area contributed by atoms with Crippen LogP contribution in [0.1, 0.15) is 43.0 Å².